The number of carbonyl (C=O) groups is 2. The van der Waals surface area contributed by atoms with E-state index in [4.69, 9.17) is 16.3 Å². The smallest absolute Gasteiger partial charge is 0.406 e. The van der Waals surface area contributed by atoms with Crippen LogP contribution in [0.4, 0.5) is 16.3 Å². The van der Waals surface area contributed by atoms with Crippen molar-refractivity contribution >= 4 is 41.3 Å². The van der Waals surface area contributed by atoms with Gasteiger partial charge >= 0.3 is 6.09 Å². The third kappa shape index (κ3) is 5.34. The number of carbonyl (C=O) groups excluding carboxylic acids is 2. The highest BCUT2D eigenvalue weighted by Gasteiger charge is 2.33. The maximum absolute atomic E-state index is 13.0. The van der Waals surface area contributed by atoms with Crippen molar-refractivity contribution < 1.29 is 18.9 Å². The minimum absolute atomic E-state index is 0.168. The zero-order valence-corrected chi connectivity index (χ0v) is 22.0. The van der Waals surface area contributed by atoms with E-state index in [2.05, 4.69) is 20.0 Å². The monoisotopic (exact) mass is 522 g/mol. The third-order valence-electron chi connectivity index (χ3n) is 6.22. The van der Waals surface area contributed by atoms with E-state index in [1.807, 2.05) is 45.3 Å². The van der Waals surface area contributed by atoms with Gasteiger partial charge in [-0.15, -0.1) is 4.58 Å². The van der Waals surface area contributed by atoms with E-state index in [-0.39, 0.29) is 17.9 Å². The predicted octanol–water partition coefficient (Wildman–Crippen LogP) is 3.95. The van der Waals surface area contributed by atoms with Gasteiger partial charge in [-0.2, -0.15) is 9.89 Å². The zero-order valence-electron chi connectivity index (χ0n) is 21.3. The van der Waals surface area contributed by atoms with Crippen LogP contribution in [0.1, 0.15) is 43.2 Å². The van der Waals surface area contributed by atoms with Crippen LogP contribution in [-0.4, -0.2) is 68.3 Å². The molecule has 37 heavy (non-hydrogen) atoms. The summed E-state index contributed by atoms with van der Waals surface area (Å²) in [5, 5.41) is 4.98. The first kappa shape index (κ1) is 24.9. The molecule has 0 aromatic carbocycles. The number of hydrogen-bond acceptors (Lipinski definition) is 7. The number of amides is 2. The first-order valence-corrected chi connectivity index (χ1v) is 12.5. The fraction of sp³-hybridized carbons (Fsp3) is 0.385. The van der Waals surface area contributed by atoms with E-state index in [0.717, 1.165) is 36.6 Å². The first-order chi connectivity index (χ1) is 17.6. The van der Waals surface area contributed by atoms with E-state index in [1.165, 1.54) is 4.58 Å². The second-order valence-corrected chi connectivity index (χ2v) is 10.7. The summed E-state index contributed by atoms with van der Waals surface area (Å²) in [7, 11) is 1.72. The lowest BCUT2D eigenvalue weighted by Gasteiger charge is -2.19. The van der Waals surface area contributed by atoms with Gasteiger partial charge in [0.2, 0.25) is 0 Å². The molecule has 0 saturated carbocycles. The van der Waals surface area contributed by atoms with Gasteiger partial charge in [0, 0.05) is 31.0 Å². The number of rotatable bonds is 4. The number of hydrogen-bond donors (Lipinski definition) is 0. The Labute approximate surface area is 220 Å². The summed E-state index contributed by atoms with van der Waals surface area (Å²) in [6, 6.07) is 7.32. The maximum atomic E-state index is 13.0. The number of ether oxygens (including phenoxy) is 1. The number of nitrogens with zero attached hydrogens (tertiary/aromatic N) is 7. The molecule has 3 aromatic rings. The minimum atomic E-state index is -0.529. The van der Waals surface area contributed by atoms with Crippen molar-refractivity contribution in [2.75, 3.05) is 29.9 Å². The summed E-state index contributed by atoms with van der Waals surface area (Å²) in [5.41, 5.74) is 1.43. The van der Waals surface area contributed by atoms with Crippen molar-refractivity contribution in [1.82, 2.24) is 19.7 Å². The lowest BCUT2D eigenvalue weighted by Crippen LogP contribution is -2.31. The highest BCUT2D eigenvalue weighted by molar-refractivity contribution is 6.30. The Morgan fingerprint density at radius 3 is 2.57 bits per heavy atom. The van der Waals surface area contributed by atoms with Crippen molar-refractivity contribution in [3.8, 4) is 5.82 Å². The molecule has 5 heterocycles. The Morgan fingerprint density at radius 1 is 1.16 bits per heavy atom. The van der Waals surface area contributed by atoms with Gasteiger partial charge in [0.25, 0.3) is 5.91 Å². The van der Waals surface area contributed by atoms with Crippen LogP contribution in [0.2, 0.25) is 5.02 Å². The first-order valence-electron chi connectivity index (χ1n) is 12.1. The fourth-order valence-corrected chi connectivity index (χ4v) is 4.57. The number of anilines is 2. The van der Waals surface area contributed by atoms with Gasteiger partial charge in [0.15, 0.2) is 17.7 Å². The van der Waals surface area contributed by atoms with E-state index in [0.29, 0.717) is 23.1 Å². The molecule has 2 amide bonds. The molecular formula is C26H29ClN7O3+. The van der Waals surface area contributed by atoms with Crippen molar-refractivity contribution in [3.05, 3.63) is 59.1 Å². The molecule has 0 aliphatic carbocycles. The van der Waals surface area contributed by atoms with Crippen LogP contribution in [0.3, 0.4) is 0 Å². The molecule has 1 unspecified atom stereocenters. The van der Waals surface area contributed by atoms with Gasteiger partial charge in [-0.3, -0.25) is 4.79 Å². The van der Waals surface area contributed by atoms with Gasteiger partial charge in [0.05, 0.1) is 29.4 Å². The van der Waals surface area contributed by atoms with Crippen LogP contribution in [-0.2, 0) is 11.3 Å². The Morgan fingerprint density at radius 2 is 1.92 bits per heavy atom. The van der Waals surface area contributed by atoms with E-state index >= 15 is 0 Å². The molecule has 3 aromatic heterocycles. The van der Waals surface area contributed by atoms with Crippen LogP contribution in [0.15, 0.2) is 42.9 Å². The molecule has 0 bridgehead atoms. The van der Waals surface area contributed by atoms with Gasteiger partial charge < -0.3 is 14.5 Å². The molecule has 1 saturated heterocycles. The minimum Gasteiger partial charge on any atom is -0.406 e. The van der Waals surface area contributed by atoms with Gasteiger partial charge in [0.1, 0.15) is 18.5 Å². The lowest BCUT2D eigenvalue weighted by molar-refractivity contribution is -0.416. The summed E-state index contributed by atoms with van der Waals surface area (Å²) in [6.07, 6.45) is 7.55. The molecule has 0 radical (unpaired) electrons. The predicted molar refractivity (Wildman–Crippen MR) is 140 cm³/mol. The standard InChI is InChI=1S/C26H29ClN7O3/c1-26(2,3)37-25(36)31(4)13-17-9-10-32(14-17)21-8-6-20(12-29-21)33-15-18-16-34(30-23(18)24(33)35)22-7-5-19(27)11-28-22/h5-8,11-13,16-17H,9-10,14-15H2,1-4H3/q+1. The molecule has 0 spiro atoms. The number of pyridine rings is 2. The van der Waals surface area contributed by atoms with Crippen molar-refractivity contribution in [3.63, 3.8) is 0 Å². The molecule has 2 aliphatic heterocycles. The van der Waals surface area contributed by atoms with Crippen molar-refractivity contribution in [2.45, 2.75) is 39.3 Å². The summed E-state index contributed by atoms with van der Waals surface area (Å²) >= 11 is 5.91. The maximum Gasteiger partial charge on any atom is 0.596 e. The summed E-state index contributed by atoms with van der Waals surface area (Å²) in [6.45, 7) is 7.56. The van der Waals surface area contributed by atoms with E-state index in [1.54, 1.807) is 41.2 Å². The summed E-state index contributed by atoms with van der Waals surface area (Å²) < 4.78 is 8.54. The second kappa shape index (κ2) is 9.59. The number of fused-ring (bicyclic) bond motifs is 1. The van der Waals surface area contributed by atoms with Crippen LogP contribution in [0.25, 0.3) is 5.82 Å². The van der Waals surface area contributed by atoms with E-state index in [9.17, 15) is 9.59 Å². The van der Waals surface area contributed by atoms with Gasteiger partial charge in [-0.05, 0) is 51.5 Å². The normalized spacial score (nSPS) is 17.9. The van der Waals surface area contributed by atoms with Crippen LogP contribution in [0.5, 0.6) is 0 Å². The Kier molecular flexibility index (Phi) is 6.45. The molecular weight excluding hydrogens is 494 g/mol. The van der Waals surface area contributed by atoms with Gasteiger partial charge in [-0.1, -0.05) is 11.6 Å². The third-order valence-corrected chi connectivity index (χ3v) is 6.44. The van der Waals surface area contributed by atoms with Crippen molar-refractivity contribution in [1.29, 1.82) is 0 Å². The highest BCUT2D eigenvalue weighted by Crippen LogP contribution is 2.29. The molecule has 192 valence electrons. The second-order valence-electron chi connectivity index (χ2n) is 10.3. The molecule has 1 atom stereocenters. The Bertz CT molecular complexity index is 1360. The quantitative estimate of drug-likeness (QED) is 0.378. The van der Waals surface area contributed by atoms with Crippen LogP contribution < -0.4 is 9.80 Å². The number of halogens is 1. The largest absolute Gasteiger partial charge is 0.596 e. The Balaban J connectivity index is 1.22. The molecule has 0 N–H and O–H groups in total. The molecule has 2 aliphatic rings. The average Bonchev–Trinajstić information content (AvgIpc) is 3.55. The molecule has 11 heteroatoms. The molecule has 1 fully saturated rings. The van der Waals surface area contributed by atoms with Crippen molar-refractivity contribution in [2.24, 2.45) is 5.92 Å². The van der Waals surface area contributed by atoms with Gasteiger partial charge in [-0.25, -0.2) is 14.6 Å². The average molecular weight is 523 g/mol. The SMILES string of the molecule is C[N+](=CC1CCN(c2ccc(N3Cc4cn(-c5ccc(Cl)cn5)nc4C3=O)cn2)C1)C(=O)OC(C)(C)C. The lowest BCUT2D eigenvalue weighted by atomic mass is 10.1. The molecule has 5 rings (SSSR count). The van der Waals surface area contributed by atoms with Crippen LogP contribution >= 0.6 is 11.6 Å². The Hall–Kier alpha value is -3.79. The fourth-order valence-electron chi connectivity index (χ4n) is 4.46. The highest BCUT2D eigenvalue weighted by atomic mass is 35.5. The summed E-state index contributed by atoms with van der Waals surface area (Å²) in [4.78, 5) is 38.0. The number of aromatic nitrogens is 4. The molecule has 10 nitrogen and oxygen atoms in total. The topological polar surface area (TPSA) is 96.5 Å². The summed E-state index contributed by atoms with van der Waals surface area (Å²) in [5.74, 6) is 1.48. The van der Waals surface area contributed by atoms with E-state index < -0.39 is 5.60 Å². The zero-order chi connectivity index (χ0) is 26.3. The van der Waals surface area contributed by atoms with Crippen LogP contribution in [0, 0.1) is 5.92 Å².